The van der Waals surface area contributed by atoms with Gasteiger partial charge in [-0.1, -0.05) is 36.8 Å². The van der Waals surface area contributed by atoms with Gasteiger partial charge in [0.1, 0.15) is 0 Å². The number of nitrogens with one attached hydrogen (secondary N) is 1. The molecule has 0 spiro atoms. The lowest BCUT2D eigenvalue weighted by Gasteiger charge is -2.36. The SMILES string of the molecule is OC1(C2CCCCN2)CCN(Cc2ccccc2)C1. The van der Waals surface area contributed by atoms with Gasteiger partial charge in [0.25, 0.3) is 0 Å². The summed E-state index contributed by atoms with van der Waals surface area (Å²) >= 11 is 0. The Kier molecular flexibility index (Phi) is 3.87. The Morgan fingerprint density at radius 3 is 2.84 bits per heavy atom. The maximum Gasteiger partial charge on any atom is 0.0938 e. The van der Waals surface area contributed by atoms with E-state index in [1.807, 2.05) is 0 Å². The normalized spacial score (nSPS) is 32.6. The van der Waals surface area contributed by atoms with Crippen LogP contribution in [0.2, 0.25) is 0 Å². The third-order valence-corrected chi connectivity index (χ3v) is 4.57. The van der Waals surface area contributed by atoms with Crippen LogP contribution in [0.1, 0.15) is 31.2 Å². The van der Waals surface area contributed by atoms with Crippen molar-refractivity contribution in [2.75, 3.05) is 19.6 Å². The first-order valence-electron chi connectivity index (χ1n) is 7.48. The van der Waals surface area contributed by atoms with Gasteiger partial charge < -0.3 is 10.4 Å². The number of likely N-dealkylation sites (tertiary alicyclic amines) is 1. The van der Waals surface area contributed by atoms with E-state index in [1.54, 1.807) is 0 Å². The minimum absolute atomic E-state index is 0.294. The van der Waals surface area contributed by atoms with Crippen molar-refractivity contribution in [2.24, 2.45) is 0 Å². The molecule has 3 heteroatoms. The number of hydrogen-bond acceptors (Lipinski definition) is 3. The molecular formula is C16H24N2O. The van der Waals surface area contributed by atoms with Crippen molar-refractivity contribution in [2.45, 2.75) is 43.9 Å². The van der Waals surface area contributed by atoms with Crippen LogP contribution in [-0.2, 0) is 6.54 Å². The van der Waals surface area contributed by atoms with E-state index < -0.39 is 5.60 Å². The third kappa shape index (κ3) is 2.99. The highest BCUT2D eigenvalue weighted by Crippen LogP contribution is 2.29. The number of piperidine rings is 1. The molecule has 2 atom stereocenters. The predicted molar refractivity (Wildman–Crippen MR) is 76.9 cm³/mol. The number of aliphatic hydroxyl groups is 1. The van der Waals surface area contributed by atoms with Crippen LogP contribution in [0, 0.1) is 0 Å². The largest absolute Gasteiger partial charge is 0.387 e. The fourth-order valence-electron chi connectivity index (χ4n) is 3.47. The van der Waals surface area contributed by atoms with Crippen molar-refractivity contribution < 1.29 is 5.11 Å². The molecule has 2 N–H and O–H groups in total. The number of rotatable bonds is 3. The van der Waals surface area contributed by atoms with E-state index in [1.165, 1.54) is 18.4 Å². The minimum atomic E-state index is -0.519. The van der Waals surface area contributed by atoms with Gasteiger partial charge in [-0.3, -0.25) is 4.90 Å². The highest BCUT2D eigenvalue weighted by Gasteiger charge is 2.42. The second-order valence-electron chi connectivity index (χ2n) is 6.05. The molecular weight excluding hydrogens is 236 g/mol. The zero-order chi connectivity index (χ0) is 13.1. The molecule has 0 saturated carbocycles. The first-order chi connectivity index (χ1) is 9.26. The Labute approximate surface area is 115 Å². The lowest BCUT2D eigenvalue weighted by atomic mass is 9.87. The van der Waals surface area contributed by atoms with E-state index in [9.17, 15) is 5.11 Å². The number of nitrogens with zero attached hydrogens (tertiary/aromatic N) is 1. The molecule has 1 aromatic rings. The summed E-state index contributed by atoms with van der Waals surface area (Å²) in [5.74, 6) is 0. The summed E-state index contributed by atoms with van der Waals surface area (Å²) in [6.45, 7) is 3.82. The Morgan fingerprint density at radius 2 is 2.11 bits per heavy atom. The zero-order valence-corrected chi connectivity index (χ0v) is 11.5. The van der Waals surface area contributed by atoms with Crippen molar-refractivity contribution >= 4 is 0 Å². The van der Waals surface area contributed by atoms with Crippen molar-refractivity contribution in [1.29, 1.82) is 0 Å². The van der Waals surface area contributed by atoms with E-state index in [0.717, 1.165) is 39.0 Å². The maximum absolute atomic E-state index is 10.9. The maximum atomic E-state index is 10.9. The van der Waals surface area contributed by atoms with Crippen molar-refractivity contribution in [1.82, 2.24) is 10.2 Å². The summed E-state index contributed by atoms with van der Waals surface area (Å²) in [5.41, 5.74) is 0.818. The van der Waals surface area contributed by atoms with Crippen LogP contribution < -0.4 is 5.32 Å². The average Bonchev–Trinajstić information content (AvgIpc) is 2.84. The predicted octanol–water partition coefficient (Wildman–Crippen LogP) is 1.77. The number of hydrogen-bond donors (Lipinski definition) is 2. The van der Waals surface area contributed by atoms with Crippen LogP contribution in [0.4, 0.5) is 0 Å². The van der Waals surface area contributed by atoms with Gasteiger partial charge in [0.15, 0.2) is 0 Å². The number of benzene rings is 1. The summed E-state index contributed by atoms with van der Waals surface area (Å²) in [6, 6.07) is 10.8. The van der Waals surface area contributed by atoms with Gasteiger partial charge in [0.2, 0.25) is 0 Å². The Bertz CT molecular complexity index is 402. The molecule has 3 nitrogen and oxygen atoms in total. The molecule has 0 amide bonds. The molecule has 0 bridgehead atoms. The second kappa shape index (κ2) is 5.61. The lowest BCUT2D eigenvalue weighted by molar-refractivity contribution is 0.00138. The second-order valence-corrected chi connectivity index (χ2v) is 6.05. The highest BCUT2D eigenvalue weighted by atomic mass is 16.3. The van der Waals surface area contributed by atoms with E-state index in [0.29, 0.717) is 6.04 Å². The van der Waals surface area contributed by atoms with Crippen molar-refractivity contribution in [3.63, 3.8) is 0 Å². The van der Waals surface area contributed by atoms with E-state index >= 15 is 0 Å². The van der Waals surface area contributed by atoms with Crippen LogP contribution in [0.3, 0.4) is 0 Å². The van der Waals surface area contributed by atoms with Crippen molar-refractivity contribution in [3.05, 3.63) is 35.9 Å². The molecule has 2 aliphatic rings. The van der Waals surface area contributed by atoms with Gasteiger partial charge in [-0.2, -0.15) is 0 Å². The summed E-state index contributed by atoms with van der Waals surface area (Å²) in [6.07, 6.45) is 4.52. The van der Waals surface area contributed by atoms with Gasteiger partial charge in [-0.05, 0) is 31.4 Å². The molecule has 0 radical (unpaired) electrons. The Morgan fingerprint density at radius 1 is 1.26 bits per heavy atom. The summed E-state index contributed by atoms with van der Waals surface area (Å²) in [7, 11) is 0. The fourth-order valence-corrected chi connectivity index (χ4v) is 3.47. The number of β-amino-alcohol motifs (C(OH)–C–C–N with tert-alkyl or cyclic N) is 1. The third-order valence-electron chi connectivity index (χ3n) is 4.57. The average molecular weight is 260 g/mol. The first-order valence-corrected chi connectivity index (χ1v) is 7.48. The molecule has 2 heterocycles. The first kappa shape index (κ1) is 13.1. The fraction of sp³-hybridized carbons (Fsp3) is 0.625. The molecule has 2 aliphatic heterocycles. The molecule has 2 unspecified atom stereocenters. The van der Waals surface area contributed by atoms with Gasteiger partial charge in [-0.25, -0.2) is 0 Å². The molecule has 0 aliphatic carbocycles. The van der Waals surface area contributed by atoms with Crippen LogP contribution in [0.25, 0.3) is 0 Å². The monoisotopic (exact) mass is 260 g/mol. The molecule has 1 aromatic carbocycles. The lowest BCUT2D eigenvalue weighted by Crippen LogP contribution is -2.54. The molecule has 2 fully saturated rings. The van der Waals surface area contributed by atoms with Crippen LogP contribution >= 0.6 is 0 Å². The summed E-state index contributed by atoms with van der Waals surface area (Å²) < 4.78 is 0. The van der Waals surface area contributed by atoms with Crippen LogP contribution in [0.15, 0.2) is 30.3 Å². The smallest absolute Gasteiger partial charge is 0.0938 e. The summed E-state index contributed by atoms with van der Waals surface area (Å²) in [5, 5.41) is 14.4. The standard InChI is InChI=1S/C16H24N2O/c19-16(15-8-4-5-10-17-15)9-11-18(13-16)12-14-6-2-1-3-7-14/h1-3,6-7,15,17,19H,4-5,8-13H2. The molecule has 104 valence electrons. The minimum Gasteiger partial charge on any atom is -0.387 e. The van der Waals surface area contributed by atoms with E-state index in [4.69, 9.17) is 0 Å². The molecule has 3 rings (SSSR count). The summed E-state index contributed by atoms with van der Waals surface area (Å²) in [4.78, 5) is 2.38. The zero-order valence-electron chi connectivity index (χ0n) is 11.5. The molecule has 0 aromatic heterocycles. The quantitative estimate of drug-likeness (QED) is 0.869. The van der Waals surface area contributed by atoms with Crippen LogP contribution in [0.5, 0.6) is 0 Å². The molecule has 2 saturated heterocycles. The Hall–Kier alpha value is -0.900. The Balaban J connectivity index is 1.59. The van der Waals surface area contributed by atoms with Gasteiger partial charge in [-0.15, -0.1) is 0 Å². The van der Waals surface area contributed by atoms with Gasteiger partial charge in [0, 0.05) is 25.7 Å². The highest BCUT2D eigenvalue weighted by molar-refractivity contribution is 5.15. The van der Waals surface area contributed by atoms with Crippen LogP contribution in [-0.4, -0.2) is 41.3 Å². The molecule has 19 heavy (non-hydrogen) atoms. The topological polar surface area (TPSA) is 35.5 Å². The van der Waals surface area contributed by atoms with Gasteiger partial charge in [0.05, 0.1) is 5.60 Å². The van der Waals surface area contributed by atoms with Gasteiger partial charge >= 0.3 is 0 Å². The van der Waals surface area contributed by atoms with E-state index in [2.05, 4.69) is 40.5 Å². The van der Waals surface area contributed by atoms with Crippen molar-refractivity contribution in [3.8, 4) is 0 Å². The van der Waals surface area contributed by atoms with E-state index in [-0.39, 0.29) is 0 Å².